The quantitative estimate of drug-likeness (QED) is 0.447. The van der Waals surface area contributed by atoms with Crippen molar-refractivity contribution in [3.8, 4) is 0 Å². The topological polar surface area (TPSA) is 34.6 Å². The third-order valence-corrected chi connectivity index (χ3v) is 4.12. The Balaban J connectivity index is 2.45. The van der Waals surface area contributed by atoms with Crippen molar-refractivity contribution in [1.29, 1.82) is 0 Å². The lowest BCUT2D eigenvalue weighted by atomic mass is 9.89. The van der Waals surface area contributed by atoms with Crippen molar-refractivity contribution in [2.75, 3.05) is 0 Å². The first-order valence-electron chi connectivity index (χ1n) is 7.43. The maximum absolute atomic E-state index is 12.6. The average Bonchev–Trinajstić information content (AvgIpc) is 2.83. The normalized spacial score (nSPS) is 12.5. The summed E-state index contributed by atoms with van der Waals surface area (Å²) in [6, 6.07) is 13.7. The van der Waals surface area contributed by atoms with Crippen molar-refractivity contribution in [3.05, 3.63) is 64.8 Å². The first kappa shape index (κ1) is 13.1. The molecule has 0 saturated carbocycles. The zero-order chi connectivity index (χ0) is 15.5. The molecule has 0 aliphatic rings. The fourth-order valence-corrected chi connectivity index (χ4v) is 3.33. The standard InChI is InChI=1S/C19H17NO2/c1-19(2,3)17-15-12-8-4-5-10-14(12)22-18(21)16(15)13-9-6-7-11-20(13)17/h4-11H,1-3H3. The van der Waals surface area contributed by atoms with E-state index in [1.807, 2.05) is 48.7 Å². The third-order valence-electron chi connectivity index (χ3n) is 4.12. The van der Waals surface area contributed by atoms with E-state index in [4.69, 9.17) is 4.42 Å². The van der Waals surface area contributed by atoms with Crippen molar-refractivity contribution >= 4 is 27.3 Å². The van der Waals surface area contributed by atoms with Crippen LogP contribution in [0.2, 0.25) is 0 Å². The van der Waals surface area contributed by atoms with Gasteiger partial charge in [-0.2, -0.15) is 0 Å². The average molecular weight is 291 g/mol. The highest BCUT2D eigenvalue weighted by Crippen LogP contribution is 2.37. The molecule has 0 saturated heterocycles. The van der Waals surface area contributed by atoms with Crippen LogP contribution in [0.1, 0.15) is 26.5 Å². The maximum Gasteiger partial charge on any atom is 0.346 e. The first-order chi connectivity index (χ1) is 10.5. The van der Waals surface area contributed by atoms with Gasteiger partial charge >= 0.3 is 5.63 Å². The number of para-hydroxylation sites is 1. The second-order valence-corrected chi connectivity index (χ2v) is 6.69. The van der Waals surface area contributed by atoms with Crippen LogP contribution in [0.5, 0.6) is 0 Å². The highest BCUT2D eigenvalue weighted by Gasteiger charge is 2.26. The molecule has 0 aliphatic heterocycles. The van der Waals surface area contributed by atoms with Gasteiger partial charge in [0.25, 0.3) is 0 Å². The van der Waals surface area contributed by atoms with Crippen molar-refractivity contribution in [2.45, 2.75) is 26.2 Å². The van der Waals surface area contributed by atoms with E-state index in [2.05, 4.69) is 25.2 Å². The molecule has 0 radical (unpaired) electrons. The molecule has 0 fully saturated rings. The van der Waals surface area contributed by atoms with Gasteiger partial charge in [0.15, 0.2) is 0 Å². The fourth-order valence-electron chi connectivity index (χ4n) is 3.33. The monoisotopic (exact) mass is 291 g/mol. The van der Waals surface area contributed by atoms with Gasteiger partial charge in [-0.1, -0.05) is 45.0 Å². The number of fused-ring (bicyclic) bond motifs is 5. The summed E-state index contributed by atoms with van der Waals surface area (Å²) in [5.41, 5.74) is 2.32. The Labute approximate surface area is 127 Å². The zero-order valence-electron chi connectivity index (χ0n) is 12.9. The first-order valence-corrected chi connectivity index (χ1v) is 7.43. The van der Waals surface area contributed by atoms with E-state index in [1.54, 1.807) is 0 Å². The van der Waals surface area contributed by atoms with Crippen molar-refractivity contribution in [3.63, 3.8) is 0 Å². The lowest BCUT2D eigenvalue weighted by Gasteiger charge is -2.20. The Bertz CT molecular complexity index is 1080. The molecule has 3 heterocycles. The van der Waals surface area contributed by atoms with Crippen LogP contribution in [-0.4, -0.2) is 4.40 Å². The number of rotatable bonds is 0. The molecule has 22 heavy (non-hydrogen) atoms. The van der Waals surface area contributed by atoms with E-state index < -0.39 is 0 Å². The minimum Gasteiger partial charge on any atom is -0.422 e. The minimum atomic E-state index is -0.270. The van der Waals surface area contributed by atoms with Gasteiger partial charge in [-0.25, -0.2) is 4.79 Å². The van der Waals surface area contributed by atoms with Crippen LogP contribution in [0.3, 0.4) is 0 Å². The molecule has 0 spiro atoms. The third kappa shape index (κ3) is 1.65. The van der Waals surface area contributed by atoms with Gasteiger partial charge in [-0.15, -0.1) is 0 Å². The molecule has 0 bridgehead atoms. The van der Waals surface area contributed by atoms with Gasteiger partial charge in [0.1, 0.15) is 5.58 Å². The lowest BCUT2D eigenvalue weighted by Crippen LogP contribution is -2.14. The van der Waals surface area contributed by atoms with Gasteiger partial charge in [-0.05, 0) is 18.2 Å². The molecule has 110 valence electrons. The van der Waals surface area contributed by atoms with Crippen molar-refractivity contribution in [1.82, 2.24) is 4.40 Å². The molecule has 0 atom stereocenters. The van der Waals surface area contributed by atoms with E-state index in [0.717, 1.165) is 22.0 Å². The molecular formula is C19H17NO2. The summed E-state index contributed by atoms with van der Waals surface area (Å²) in [4.78, 5) is 12.6. The molecule has 0 aliphatic carbocycles. The number of hydrogen-bond donors (Lipinski definition) is 0. The molecule has 4 rings (SSSR count). The lowest BCUT2D eigenvalue weighted by molar-refractivity contribution is 0.566. The molecule has 1 aromatic carbocycles. The summed E-state index contributed by atoms with van der Waals surface area (Å²) in [6.07, 6.45) is 2.02. The molecule has 3 aromatic heterocycles. The van der Waals surface area contributed by atoms with Crippen LogP contribution in [0.25, 0.3) is 27.3 Å². The largest absolute Gasteiger partial charge is 0.422 e. The summed E-state index contributed by atoms with van der Waals surface area (Å²) < 4.78 is 7.66. The Morgan fingerprint density at radius 2 is 1.68 bits per heavy atom. The number of hydrogen-bond acceptors (Lipinski definition) is 2. The Morgan fingerprint density at radius 1 is 0.955 bits per heavy atom. The fraction of sp³-hybridized carbons (Fsp3) is 0.211. The van der Waals surface area contributed by atoms with Gasteiger partial charge < -0.3 is 8.82 Å². The van der Waals surface area contributed by atoms with Crippen LogP contribution in [0.4, 0.5) is 0 Å². The molecule has 3 heteroatoms. The number of benzene rings is 1. The summed E-state index contributed by atoms with van der Waals surface area (Å²) >= 11 is 0. The van der Waals surface area contributed by atoms with E-state index in [0.29, 0.717) is 11.0 Å². The molecule has 0 N–H and O–H groups in total. The van der Waals surface area contributed by atoms with Crippen LogP contribution in [0, 0.1) is 0 Å². The number of nitrogens with zero attached hydrogens (tertiary/aromatic N) is 1. The highest BCUT2D eigenvalue weighted by atomic mass is 16.4. The van der Waals surface area contributed by atoms with Crippen molar-refractivity contribution in [2.24, 2.45) is 0 Å². The Kier molecular flexibility index (Phi) is 2.52. The zero-order valence-corrected chi connectivity index (χ0v) is 12.9. The Hall–Kier alpha value is -2.55. The van der Waals surface area contributed by atoms with Crippen LogP contribution < -0.4 is 5.63 Å². The molecular weight excluding hydrogens is 274 g/mol. The van der Waals surface area contributed by atoms with Gasteiger partial charge in [0, 0.05) is 28.1 Å². The summed E-state index contributed by atoms with van der Waals surface area (Å²) in [5, 5.41) is 2.67. The summed E-state index contributed by atoms with van der Waals surface area (Å²) in [6.45, 7) is 6.51. The number of pyridine rings is 1. The molecule has 0 unspecified atom stereocenters. The molecule has 3 nitrogen and oxygen atoms in total. The number of aromatic nitrogens is 1. The van der Waals surface area contributed by atoms with E-state index in [-0.39, 0.29) is 11.0 Å². The van der Waals surface area contributed by atoms with Crippen LogP contribution >= 0.6 is 0 Å². The summed E-state index contributed by atoms with van der Waals surface area (Å²) in [7, 11) is 0. The maximum atomic E-state index is 12.6. The summed E-state index contributed by atoms with van der Waals surface area (Å²) in [5.74, 6) is 0. The SMILES string of the molecule is CC(C)(C)c1c2c3ccccc3oc(=O)c2c2ccccn12. The second kappa shape index (κ2) is 4.23. The van der Waals surface area contributed by atoms with Gasteiger partial charge in [-0.3, -0.25) is 0 Å². The predicted molar refractivity (Wildman–Crippen MR) is 89.6 cm³/mol. The smallest absolute Gasteiger partial charge is 0.346 e. The second-order valence-electron chi connectivity index (χ2n) is 6.69. The van der Waals surface area contributed by atoms with Gasteiger partial charge in [0.2, 0.25) is 0 Å². The minimum absolute atomic E-state index is 0.0947. The van der Waals surface area contributed by atoms with Crippen LogP contribution in [0.15, 0.2) is 57.9 Å². The van der Waals surface area contributed by atoms with E-state index in [9.17, 15) is 4.79 Å². The van der Waals surface area contributed by atoms with Gasteiger partial charge in [0.05, 0.1) is 10.9 Å². The Morgan fingerprint density at radius 3 is 2.45 bits per heavy atom. The predicted octanol–water partition coefficient (Wildman–Crippen LogP) is 4.50. The molecule has 0 amide bonds. The van der Waals surface area contributed by atoms with Crippen LogP contribution in [-0.2, 0) is 5.41 Å². The molecule has 4 aromatic rings. The van der Waals surface area contributed by atoms with Crippen molar-refractivity contribution < 1.29 is 4.42 Å². The highest BCUT2D eigenvalue weighted by molar-refractivity contribution is 6.12. The van der Waals surface area contributed by atoms with E-state index >= 15 is 0 Å². The van der Waals surface area contributed by atoms with E-state index in [1.165, 1.54) is 0 Å².